The predicted octanol–water partition coefficient (Wildman–Crippen LogP) is 4.88. The van der Waals surface area contributed by atoms with Crippen molar-refractivity contribution in [2.75, 3.05) is 0 Å². The molecule has 2 fully saturated rings. The molecular formula is C22H29NO. The molecule has 2 saturated carbocycles. The fraction of sp³-hybridized carbons (Fsp3) is 0.636. The van der Waals surface area contributed by atoms with Gasteiger partial charge in [-0.05, 0) is 95.4 Å². The Morgan fingerprint density at radius 1 is 1.21 bits per heavy atom. The Labute approximate surface area is 144 Å². The monoisotopic (exact) mass is 323 g/mol. The maximum atomic E-state index is 10.9. The maximum Gasteiger partial charge on any atom is 0.0622 e. The number of aromatic nitrogens is 1. The van der Waals surface area contributed by atoms with Crippen molar-refractivity contribution in [1.82, 2.24) is 4.98 Å². The topological polar surface area (TPSA) is 36.0 Å². The molecule has 1 aromatic heterocycles. The van der Waals surface area contributed by atoms with Crippen molar-refractivity contribution >= 4 is 10.9 Å². The number of fused-ring (bicyclic) bond motifs is 6. The molecule has 2 aromatic rings. The van der Waals surface area contributed by atoms with Gasteiger partial charge in [0, 0.05) is 11.7 Å². The lowest BCUT2D eigenvalue weighted by Gasteiger charge is -2.53. The molecule has 24 heavy (non-hydrogen) atoms. The van der Waals surface area contributed by atoms with Crippen LogP contribution in [0.2, 0.25) is 0 Å². The van der Waals surface area contributed by atoms with Gasteiger partial charge in [0.25, 0.3) is 0 Å². The smallest absolute Gasteiger partial charge is 0.0622 e. The minimum Gasteiger partial charge on any atom is -0.392 e. The molecule has 2 heteroatoms. The Morgan fingerprint density at radius 3 is 2.88 bits per heavy atom. The van der Waals surface area contributed by atoms with Crippen LogP contribution < -0.4 is 0 Å². The zero-order valence-corrected chi connectivity index (χ0v) is 15.0. The third-order valence-corrected chi connectivity index (χ3v) is 7.96. The average molecular weight is 323 g/mol. The summed E-state index contributed by atoms with van der Waals surface area (Å²) in [4.78, 5) is 3.37. The molecule has 3 aliphatic rings. The summed E-state index contributed by atoms with van der Waals surface area (Å²) in [6.07, 6.45) is 6.84. The van der Waals surface area contributed by atoms with Gasteiger partial charge in [-0.3, -0.25) is 0 Å². The summed E-state index contributed by atoms with van der Waals surface area (Å²) in [5, 5.41) is 12.2. The van der Waals surface area contributed by atoms with E-state index in [9.17, 15) is 5.11 Å². The molecule has 1 aromatic carbocycles. The van der Waals surface area contributed by atoms with E-state index < -0.39 is 0 Å². The van der Waals surface area contributed by atoms with Crippen molar-refractivity contribution in [2.45, 2.75) is 58.5 Å². The second-order valence-electron chi connectivity index (χ2n) is 9.30. The number of hydrogen-bond acceptors (Lipinski definition) is 1. The molecule has 128 valence electrons. The summed E-state index contributed by atoms with van der Waals surface area (Å²) in [5.41, 5.74) is 4.59. The highest BCUT2D eigenvalue weighted by Gasteiger charge is 2.58. The van der Waals surface area contributed by atoms with E-state index in [2.05, 4.69) is 50.2 Å². The summed E-state index contributed by atoms with van der Waals surface area (Å²) in [6, 6.07) is 7.07. The summed E-state index contributed by atoms with van der Waals surface area (Å²) in [7, 11) is 0. The van der Waals surface area contributed by atoms with Gasteiger partial charge in [0.2, 0.25) is 0 Å². The molecule has 0 spiro atoms. The van der Waals surface area contributed by atoms with Crippen molar-refractivity contribution < 1.29 is 5.11 Å². The van der Waals surface area contributed by atoms with Gasteiger partial charge in [-0.2, -0.15) is 0 Å². The minimum atomic E-state index is -0.112. The average Bonchev–Trinajstić information content (AvgIpc) is 3.09. The maximum absolute atomic E-state index is 10.9. The first-order chi connectivity index (χ1) is 11.5. The Balaban J connectivity index is 1.62. The second-order valence-corrected chi connectivity index (χ2v) is 9.30. The first kappa shape index (κ1) is 15.0. The highest BCUT2D eigenvalue weighted by molar-refractivity contribution is 5.81. The van der Waals surface area contributed by atoms with Gasteiger partial charge in [0.05, 0.1) is 6.10 Å². The van der Waals surface area contributed by atoms with Crippen molar-refractivity contribution in [3.63, 3.8) is 0 Å². The third-order valence-electron chi connectivity index (χ3n) is 7.96. The third kappa shape index (κ3) is 1.81. The summed E-state index contributed by atoms with van der Waals surface area (Å²) in [5.74, 6) is 3.25. The molecule has 7 atom stereocenters. The Bertz CT molecular complexity index is 792. The van der Waals surface area contributed by atoms with Crippen molar-refractivity contribution in [3.05, 3.63) is 35.5 Å². The van der Waals surface area contributed by atoms with Gasteiger partial charge < -0.3 is 10.1 Å². The standard InChI is InChI=1S/C22H29NO/c1-12-8-18-16-5-4-14-10-19-15(6-7-23-19)9-17(14)20(16)13(2)11-22(18,3)21(12)24/h6-7,9-10,12-13,16,18,20-21,23-24H,4-5,8,11H2,1-3H3/t12?,13?,16?,18?,20?,21?,22-/m0/s1. The van der Waals surface area contributed by atoms with Crippen LogP contribution in [0, 0.1) is 29.1 Å². The van der Waals surface area contributed by atoms with Crippen LogP contribution in [0.15, 0.2) is 24.4 Å². The quantitative estimate of drug-likeness (QED) is 0.712. The van der Waals surface area contributed by atoms with Crippen molar-refractivity contribution in [2.24, 2.45) is 29.1 Å². The van der Waals surface area contributed by atoms with E-state index in [0.717, 1.165) is 5.92 Å². The first-order valence-electron chi connectivity index (χ1n) is 9.77. The van der Waals surface area contributed by atoms with Crippen LogP contribution in [0.1, 0.15) is 57.1 Å². The normalized spacial score (nSPS) is 44.2. The highest BCUT2D eigenvalue weighted by Crippen LogP contribution is 2.63. The summed E-state index contributed by atoms with van der Waals surface area (Å²) >= 11 is 0. The zero-order chi connectivity index (χ0) is 16.6. The molecule has 2 N–H and O–H groups in total. The number of H-pyrrole nitrogens is 1. The van der Waals surface area contributed by atoms with E-state index in [1.165, 1.54) is 36.6 Å². The zero-order valence-electron chi connectivity index (χ0n) is 15.0. The van der Waals surface area contributed by atoms with Crippen LogP contribution in [-0.4, -0.2) is 16.2 Å². The van der Waals surface area contributed by atoms with E-state index in [1.54, 1.807) is 11.1 Å². The van der Waals surface area contributed by atoms with Crippen LogP contribution in [0.4, 0.5) is 0 Å². The molecule has 0 radical (unpaired) electrons. The molecule has 0 saturated heterocycles. The number of hydrogen-bond donors (Lipinski definition) is 2. The first-order valence-corrected chi connectivity index (χ1v) is 9.77. The number of aliphatic hydroxyl groups is 1. The number of aromatic amines is 1. The SMILES string of the molecule is CC1C[C@]2(C)C(O)C(C)CC2C2CCc3cc4[nH]ccc4cc3C12. The molecule has 5 rings (SSSR count). The molecule has 0 aliphatic heterocycles. The van der Waals surface area contributed by atoms with Gasteiger partial charge in [-0.15, -0.1) is 0 Å². The second kappa shape index (κ2) is 4.88. The molecule has 1 heterocycles. The van der Waals surface area contributed by atoms with Crippen LogP contribution in [-0.2, 0) is 6.42 Å². The lowest BCUT2D eigenvalue weighted by atomic mass is 9.52. The van der Waals surface area contributed by atoms with Crippen LogP contribution in [0.3, 0.4) is 0 Å². The predicted molar refractivity (Wildman–Crippen MR) is 98.0 cm³/mol. The largest absolute Gasteiger partial charge is 0.392 e. The molecule has 0 bridgehead atoms. The van der Waals surface area contributed by atoms with Gasteiger partial charge in [-0.25, -0.2) is 0 Å². The van der Waals surface area contributed by atoms with Crippen LogP contribution >= 0.6 is 0 Å². The lowest BCUT2D eigenvalue weighted by Crippen LogP contribution is -2.47. The summed E-state index contributed by atoms with van der Waals surface area (Å²) in [6.45, 7) is 7.07. The molecule has 3 aliphatic carbocycles. The van der Waals surface area contributed by atoms with Crippen molar-refractivity contribution in [3.8, 4) is 0 Å². The van der Waals surface area contributed by atoms with Crippen LogP contribution in [0.5, 0.6) is 0 Å². The number of aryl methyl sites for hydroxylation is 1. The highest BCUT2D eigenvalue weighted by atomic mass is 16.3. The lowest BCUT2D eigenvalue weighted by molar-refractivity contribution is -0.0506. The molecule has 2 nitrogen and oxygen atoms in total. The number of aliphatic hydroxyl groups excluding tert-OH is 1. The minimum absolute atomic E-state index is 0.112. The summed E-state index contributed by atoms with van der Waals surface area (Å²) < 4.78 is 0. The van der Waals surface area contributed by atoms with E-state index >= 15 is 0 Å². The van der Waals surface area contributed by atoms with E-state index in [0.29, 0.717) is 23.7 Å². The van der Waals surface area contributed by atoms with E-state index in [4.69, 9.17) is 0 Å². The molecular weight excluding hydrogens is 294 g/mol. The van der Waals surface area contributed by atoms with Crippen molar-refractivity contribution in [1.29, 1.82) is 0 Å². The Kier molecular flexibility index (Phi) is 3.05. The Hall–Kier alpha value is -1.28. The van der Waals surface area contributed by atoms with Crippen LogP contribution in [0.25, 0.3) is 10.9 Å². The number of rotatable bonds is 0. The van der Waals surface area contributed by atoms with Gasteiger partial charge in [0.15, 0.2) is 0 Å². The van der Waals surface area contributed by atoms with Gasteiger partial charge >= 0.3 is 0 Å². The molecule has 6 unspecified atom stereocenters. The van der Waals surface area contributed by atoms with E-state index in [1.807, 2.05) is 0 Å². The number of benzene rings is 1. The fourth-order valence-electron chi connectivity index (χ4n) is 7.03. The Morgan fingerprint density at radius 2 is 2.04 bits per heavy atom. The molecule has 0 amide bonds. The number of nitrogens with one attached hydrogen (secondary N) is 1. The van der Waals surface area contributed by atoms with E-state index in [-0.39, 0.29) is 11.5 Å². The fourth-order valence-corrected chi connectivity index (χ4v) is 7.03. The van der Waals surface area contributed by atoms with Gasteiger partial charge in [-0.1, -0.05) is 20.8 Å². The van der Waals surface area contributed by atoms with Gasteiger partial charge in [0.1, 0.15) is 0 Å².